The van der Waals surface area contributed by atoms with E-state index in [1.165, 1.54) is 38.5 Å². The Bertz CT molecular complexity index is 828. The van der Waals surface area contributed by atoms with Crippen LogP contribution >= 0.6 is 0 Å². The molecular weight excluding hydrogens is 434 g/mol. The molecule has 2 heterocycles. The fourth-order valence-electron chi connectivity index (χ4n) is 5.50. The van der Waals surface area contributed by atoms with Gasteiger partial charge < -0.3 is 24.4 Å². The van der Waals surface area contributed by atoms with Crippen molar-refractivity contribution in [2.75, 3.05) is 59.7 Å². The molecule has 1 saturated carbocycles. The molecule has 1 aromatic rings. The number of nitrogens with one attached hydrogen (secondary N) is 1. The van der Waals surface area contributed by atoms with Crippen molar-refractivity contribution in [1.82, 2.24) is 15.1 Å². The number of nitrogens with zero attached hydrogens (tertiary/aromatic N) is 2. The molecular formula is C26H39N3O5. The third kappa shape index (κ3) is 6.02. The summed E-state index contributed by atoms with van der Waals surface area (Å²) in [5, 5.41) is 3.22. The van der Waals surface area contributed by atoms with E-state index in [1.54, 1.807) is 30.2 Å². The predicted molar refractivity (Wildman–Crippen MR) is 129 cm³/mol. The van der Waals surface area contributed by atoms with Gasteiger partial charge in [0.05, 0.1) is 20.3 Å². The molecule has 2 aliphatic heterocycles. The number of benzene rings is 1. The van der Waals surface area contributed by atoms with Crippen molar-refractivity contribution >= 4 is 11.8 Å². The lowest BCUT2D eigenvalue weighted by molar-refractivity contribution is -0.137. The third-order valence-corrected chi connectivity index (χ3v) is 7.53. The molecule has 2 amide bonds. The predicted octanol–water partition coefficient (Wildman–Crippen LogP) is 2.85. The number of hydrogen-bond acceptors (Lipinski definition) is 6. The van der Waals surface area contributed by atoms with Gasteiger partial charge in [0.1, 0.15) is 0 Å². The maximum absolute atomic E-state index is 13.1. The Balaban J connectivity index is 1.36. The molecule has 0 unspecified atom stereocenters. The third-order valence-electron chi connectivity index (χ3n) is 7.53. The first-order valence-electron chi connectivity index (χ1n) is 12.8. The van der Waals surface area contributed by atoms with E-state index in [1.807, 2.05) is 0 Å². The molecule has 0 aromatic heterocycles. The van der Waals surface area contributed by atoms with Crippen LogP contribution in [0.3, 0.4) is 0 Å². The first kappa shape index (κ1) is 24.8. The Labute approximate surface area is 202 Å². The fraction of sp³-hybridized carbons (Fsp3) is 0.692. The highest BCUT2D eigenvalue weighted by Crippen LogP contribution is 2.35. The van der Waals surface area contributed by atoms with Gasteiger partial charge in [-0.25, -0.2) is 0 Å². The van der Waals surface area contributed by atoms with E-state index in [0.29, 0.717) is 49.9 Å². The van der Waals surface area contributed by atoms with Crippen molar-refractivity contribution in [1.29, 1.82) is 0 Å². The van der Waals surface area contributed by atoms with Crippen LogP contribution in [-0.4, -0.2) is 86.8 Å². The first-order chi connectivity index (χ1) is 16.6. The van der Waals surface area contributed by atoms with Gasteiger partial charge in [-0.05, 0) is 57.0 Å². The number of amides is 2. The van der Waals surface area contributed by atoms with E-state index in [-0.39, 0.29) is 24.0 Å². The Morgan fingerprint density at radius 2 is 1.68 bits per heavy atom. The number of methoxy groups -OCH3 is 1. The number of ether oxygens (including phenoxy) is 3. The van der Waals surface area contributed by atoms with Gasteiger partial charge in [0, 0.05) is 30.7 Å². The van der Waals surface area contributed by atoms with E-state index >= 15 is 0 Å². The summed E-state index contributed by atoms with van der Waals surface area (Å²) in [4.78, 5) is 29.8. The molecule has 1 aliphatic carbocycles. The number of morpholine rings is 1. The lowest BCUT2D eigenvalue weighted by atomic mass is 9.79. The van der Waals surface area contributed by atoms with Crippen LogP contribution in [0.4, 0.5) is 0 Å². The van der Waals surface area contributed by atoms with Gasteiger partial charge in [-0.3, -0.25) is 14.5 Å². The van der Waals surface area contributed by atoms with Crippen LogP contribution in [-0.2, 0) is 9.53 Å². The zero-order valence-electron chi connectivity index (χ0n) is 20.5. The lowest BCUT2D eigenvalue weighted by Crippen LogP contribution is -2.58. The molecule has 0 bridgehead atoms. The Morgan fingerprint density at radius 3 is 2.38 bits per heavy atom. The normalized spacial score (nSPS) is 21.0. The molecule has 4 rings (SSSR count). The second-order valence-corrected chi connectivity index (χ2v) is 9.66. The molecule has 3 aliphatic rings. The summed E-state index contributed by atoms with van der Waals surface area (Å²) in [6.45, 7) is 5.16. The van der Waals surface area contributed by atoms with Gasteiger partial charge in [0.15, 0.2) is 18.1 Å². The summed E-state index contributed by atoms with van der Waals surface area (Å²) in [7, 11) is 1.54. The molecule has 0 spiro atoms. The summed E-state index contributed by atoms with van der Waals surface area (Å²) in [6, 6.07) is 5.14. The zero-order chi connectivity index (χ0) is 23.8. The maximum atomic E-state index is 13.1. The summed E-state index contributed by atoms with van der Waals surface area (Å²) in [5.41, 5.74) is 0.620. The number of rotatable bonds is 8. The number of carbonyl (C=O) groups is 2. The molecule has 0 atom stereocenters. The van der Waals surface area contributed by atoms with Crippen molar-refractivity contribution in [2.24, 2.45) is 0 Å². The molecule has 3 fully saturated rings. The van der Waals surface area contributed by atoms with Crippen molar-refractivity contribution in [3.63, 3.8) is 0 Å². The molecule has 34 heavy (non-hydrogen) atoms. The second-order valence-electron chi connectivity index (χ2n) is 9.66. The van der Waals surface area contributed by atoms with Crippen LogP contribution in [0.5, 0.6) is 11.5 Å². The van der Waals surface area contributed by atoms with E-state index < -0.39 is 0 Å². The van der Waals surface area contributed by atoms with Crippen molar-refractivity contribution in [2.45, 2.75) is 56.9 Å². The molecule has 2 saturated heterocycles. The monoisotopic (exact) mass is 473 g/mol. The van der Waals surface area contributed by atoms with Gasteiger partial charge in [-0.2, -0.15) is 0 Å². The highest BCUT2D eigenvalue weighted by Gasteiger charge is 2.38. The zero-order valence-corrected chi connectivity index (χ0v) is 20.5. The molecule has 8 nitrogen and oxygen atoms in total. The average Bonchev–Trinajstić information content (AvgIpc) is 2.91. The van der Waals surface area contributed by atoms with Gasteiger partial charge >= 0.3 is 0 Å². The lowest BCUT2D eigenvalue weighted by Gasteiger charge is -2.48. The van der Waals surface area contributed by atoms with E-state index in [2.05, 4.69) is 10.2 Å². The summed E-state index contributed by atoms with van der Waals surface area (Å²) >= 11 is 0. The Kier molecular flexibility index (Phi) is 8.67. The van der Waals surface area contributed by atoms with Gasteiger partial charge in [-0.15, -0.1) is 0 Å². The second kappa shape index (κ2) is 11.9. The van der Waals surface area contributed by atoms with Crippen LogP contribution in [0.2, 0.25) is 0 Å². The molecule has 1 N–H and O–H groups in total. The fourth-order valence-corrected chi connectivity index (χ4v) is 5.50. The number of likely N-dealkylation sites (tertiary alicyclic amines) is 1. The van der Waals surface area contributed by atoms with Crippen LogP contribution in [0.25, 0.3) is 0 Å². The summed E-state index contributed by atoms with van der Waals surface area (Å²) in [6.07, 6.45) is 9.87. The highest BCUT2D eigenvalue weighted by molar-refractivity contribution is 5.95. The van der Waals surface area contributed by atoms with Crippen molar-refractivity contribution in [3.8, 4) is 11.5 Å². The number of piperidine rings is 1. The minimum atomic E-state index is -0.101. The van der Waals surface area contributed by atoms with Crippen LogP contribution in [0, 0.1) is 0 Å². The first-order valence-corrected chi connectivity index (χ1v) is 12.8. The van der Waals surface area contributed by atoms with E-state index in [9.17, 15) is 9.59 Å². The Hall–Kier alpha value is -2.32. The standard InChI is InChI=1S/C26H39N3O5/c1-32-23-18-21(8-9-22(23)34-19-24(30)28-14-16-33-17-15-28)25(31)27-20-26(10-4-2-5-11-26)29-12-6-3-7-13-29/h8-9,18H,2-7,10-17,19-20H2,1H3,(H,27,31). The largest absolute Gasteiger partial charge is 0.493 e. The smallest absolute Gasteiger partial charge is 0.260 e. The molecule has 1 aromatic carbocycles. The van der Waals surface area contributed by atoms with Crippen LogP contribution in [0.15, 0.2) is 18.2 Å². The van der Waals surface area contributed by atoms with Crippen molar-refractivity contribution < 1.29 is 23.8 Å². The molecule has 0 radical (unpaired) electrons. The van der Waals surface area contributed by atoms with E-state index in [0.717, 1.165) is 25.9 Å². The van der Waals surface area contributed by atoms with Gasteiger partial charge in [-0.1, -0.05) is 25.7 Å². The van der Waals surface area contributed by atoms with Crippen LogP contribution < -0.4 is 14.8 Å². The minimum Gasteiger partial charge on any atom is -0.493 e. The summed E-state index contributed by atoms with van der Waals surface area (Å²) < 4.78 is 16.5. The number of carbonyl (C=O) groups excluding carboxylic acids is 2. The SMILES string of the molecule is COc1cc(C(=O)NCC2(N3CCCCC3)CCCCC2)ccc1OCC(=O)N1CCOCC1. The highest BCUT2D eigenvalue weighted by atomic mass is 16.5. The van der Waals surface area contributed by atoms with Gasteiger partial charge in [0.25, 0.3) is 11.8 Å². The maximum Gasteiger partial charge on any atom is 0.260 e. The van der Waals surface area contributed by atoms with Crippen LogP contribution in [0.1, 0.15) is 61.7 Å². The molecule has 188 valence electrons. The minimum absolute atomic E-state index is 0.0692. The number of hydrogen-bond donors (Lipinski definition) is 1. The quantitative estimate of drug-likeness (QED) is 0.626. The van der Waals surface area contributed by atoms with E-state index in [4.69, 9.17) is 14.2 Å². The molecule has 8 heteroatoms. The van der Waals surface area contributed by atoms with Crippen molar-refractivity contribution in [3.05, 3.63) is 23.8 Å². The summed E-state index contributed by atoms with van der Waals surface area (Å²) in [5.74, 6) is 0.724. The topological polar surface area (TPSA) is 80.3 Å². The van der Waals surface area contributed by atoms with Gasteiger partial charge in [0.2, 0.25) is 0 Å². The average molecular weight is 474 g/mol. The Morgan fingerprint density at radius 1 is 0.971 bits per heavy atom.